The Balaban J connectivity index is 1.60. The number of nitrogens with one attached hydrogen (secondary N) is 1. The molecule has 5 aromatic rings. The Kier molecular flexibility index (Phi) is 5.25. The summed E-state index contributed by atoms with van der Waals surface area (Å²) in [5, 5.41) is 3.13. The molecule has 0 spiro atoms. The highest BCUT2D eigenvalue weighted by atomic mass is 19.1. The van der Waals surface area contributed by atoms with Gasteiger partial charge in [0.1, 0.15) is 17.2 Å². The van der Waals surface area contributed by atoms with E-state index in [2.05, 4.69) is 22.0 Å². The molecule has 0 saturated carbocycles. The Hall–Kier alpha value is -4.12. The summed E-state index contributed by atoms with van der Waals surface area (Å²) in [6, 6.07) is 24.6. The summed E-state index contributed by atoms with van der Waals surface area (Å²) in [6.45, 7) is 2.87. The number of amides is 1. The molecule has 3 heterocycles. The lowest BCUT2D eigenvalue weighted by Crippen LogP contribution is -2.15. The zero-order valence-electron chi connectivity index (χ0n) is 19.6. The summed E-state index contributed by atoms with van der Waals surface area (Å²) in [6.07, 6.45) is 5.03. The average molecular weight is 464 g/mol. The number of hydrogen-bond acceptors (Lipinski definition) is 1. The second-order valence-electron chi connectivity index (χ2n) is 9.22. The minimum absolute atomic E-state index is 0.140. The first-order valence-corrected chi connectivity index (χ1v) is 12.1. The Bertz CT molecular complexity index is 1540. The van der Waals surface area contributed by atoms with E-state index in [0.29, 0.717) is 5.69 Å². The maximum atomic E-state index is 13.9. The SMILES string of the molecule is Cc1cccc(NC(=O)c2c(-c3ccccc3)c3c4n(c(-c5ccc(F)cc5)cn24)CCCC3)c1. The smallest absolute Gasteiger partial charge is 0.273 e. The van der Waals surface area contributed by atoms with E-state index >= 15 is 0 Å². The third kappa shape index (κ3) is 3.73. The minimum Gasteiger partial charge on any atom is -0.325 e. The molecule has 35 heavy (non-hydrogen) atoms. The fraction of sp³-hybridized carbons (Fsp3) is 0.167. The number of carbonyl (C=O) groups is 1. The van der Waals surface area contributed by atoms with Crippen LogP contribution < -0.4 is 5.32 Å². The van der Waals surface area contributed by atoms with Crippen LogP contribution in [0.25, 0.3) is 28.0 Å². The van der Waals surface area contributed by atoms with Crippen molar-refractivity contribution < 1.29 is 9.18 Å². The first kappa shape index (κ1) is 21.4. The molecular formula is C30H26FN3O. The number of benzene rings is 3. The van der Waals surface area contributed by atoms with Gasteiger partial charge in [-0.2, -0.15) is 0 Å². The highest BCUT2D eigenvalue weighted by Crippen LogP contribution is 2.39. The van der Waals surface area contributed by atoms with Crippen molar-refractivity contribution >= 4 is 17.2 Å². The molecule has 1 aliphatic rings. The summed E-state index contributed by atoms with van der Waals surface area (Å²) in [4.78, 5) is 13.9. The third-order valence-corrected chi connectivity index (χ3v) is 6.83. The van der Waals surface area contributed by atoms with Gasteiger partial charge in [-0.15, -0.1) is 0 Å². The van der Waals surface area contributed by atoms with Crippen LogP contribution in [0.4, 0.5) is 10.1 Å². The summed E-state index contributed by atoms with van der Waals surface area (Å²) >= 11 is 0. The number of imidazole rings is 1. The molecule has 0 radical (unpaired) electrons. The van der Waals surface area contributed by atoms with Crippen LogP contribution in [0.2, 0.25) is 0 Å². The summed E-state index contributed by atoms with van der Waals surface area (Å²) < 4.78 is 18.0. The maximum Gasteiger partial charge on any atom is 0.273 e. The van der Waals surface area contributed by atoms with E-state index in [-0.39, 0.29) is 11.7 Å². The number of carbonyl (C=O) groups excluding carboxylic acids is 1. The molecule has 174 valence electrons. The van der Waals surface area contributed by atoms with Crippen LogP contribution in [0.1, 0.15) is 34.5 Å². The van der Waals surface area contributed by atoms with Crippen molar-refractivity contribution in [1.29, 1.82) is 0 Å². The monoisotopic (exact) mass is 463 g/mol. The molecule has 6 rings (SSSR count). The van der Waals surface area contributed by atoms with E-state index in [0.717, 1.165) is 65.1 Å². The predicted molar refractivity (Wildman–Crippen MR) is 138 cm³/mol. The lowest BCUT2D eigenvalue weighted by molar-refractivity contribution is 0.102. The first-order chi connectivity index (χ1) is 17.1. The van der Waals surface area contributed by atoms with Gasteiger partial charge in [-0.1, -0.05) is 42.5 Å². The second-order valence-corrected chi connectivity index (χ2v) is 9.22. The van der Waals surface area contributed by atoms with Crippen LogP contribution in [-0.4, -0.2) is 14.9 Å². The van der Waals surface area contributed by atoms with E-state index in [4.69, 9.17) is 0 Å². The van der Waals surface area contributed by atoms with Gasteiger partial charge in [-0.3, -0.25) is 9.20 Å². The van der Waals surface area contributed by atoms with Crippen molar-refractivity contribution in [1.82, 2.24) is 8.97 Å². The number of rotatable bonds is 4. The first-order valence-electron chi connectivity index (χ1n) is 12.1. The molecule has 0 fully saturated rings. The number of halogens is 1. The Morgan fingerprint density at radius 2 is 1.71 bits per heavy atom. The molecule has 0 aliphatic carbocycles. The van der Waals surface area contributed by atoms with Gasteiger partial charge < -0.3 is 9.88 Å². The van der Waals surface area contributed by atoms with Crippen molar-refractivity contribution in [3.05, 3.63) is 108 Å². The van der Waals surface area contributed by atoms with Crippen LogP contribution in [0.3, 0.4) is 0 Å². The second kappa shape index (κ2) is 8.58. The molecule has 1 N–H and O–H groups in total. The third-order valence-electron chi connectivity index (χ3n) is 6.83. The Morgan fingerprint density at radius 3 is 2.49 bits per heavy atom. The van der Waals surface area contributed by atoms with E-state index in [1.54, 1.807) is 0 Å². The highest BCUT2D eigenvalue weighted by molar-refractivity contribution is 6.10. The zero-order chi connectivity index (χ0) is 23.9. The minimum atomic E-state index is -0.256. The van der Waals surface area contributed by atoms with Crippen molar-refractivity contribution in [2.75, 3.05) is 5.32 Å². The molecular weight excluding hydrogens is 437 g/mol. The lowest BCUT2D eigenvalue weighted by atomic mass is 9.98. The molecule has 1 amide bonds. The molecule has 0 atom stereocenters. The quantitative estimate of drug-likeness (QED) is 0.303. The summed E-state index contributed by atoms with van der Waals surface area (Å²) in [5.74, 6) is -0.396. The fourth-order valence-corrected chi connectivity index (χ4v) is 5.29. The van der Waals surface area contributed by atoms with E-state index < -0.39 is 0 Å². The van der Waals surface area contributed by atoms with Gasteiger partial charge in [0.2, 0.25) is 0 Å². The van der Waals surface area contributed by atoms with Gasteiger partial charge >= 0.3 is 0 Å². The highest BCUT2D eigenvalue weighted by Gasteiger charge is 2.29. The number of hydrogen-bond donors (Lipinski definition) is 1. The summed E-state index contributed by atoms with van der Waals surface area (Å²) in [5.41, 5.74) is 8.70. The van der Waals surface area contributed by atoms with E-state index in [1.807, 2.05) is 72.1 Å². The van der Waals surface area contributed by atoms with Crippen LogP contribution in [0, 0.1) is 12.7 Å². The number of aryl methyl sites for hydroxylation is 3. The molecule has 0 unspecified atom stereocenters. The zero-order valence-corrected chi connectivity index (χ0v) is 19.6. The van der Waals surface area contributed by atoms with Crippen LogP contribution in [0.5, 0.6) is 0 Å². The Labute approximate surface area is 203 Å². The standard InChI is InChI=1S/C30H26FN3O/c1-20-8-7-11-24(18-20)32-29(35)28-27(22-9-3-2-4-10-22)25-12-5-6-17-33-26(19-34(28)30(25)33)21-13-15-23(31)16-14-21/h2-4,7-11,13-16,18-19H,5-6,12,17H2,1H3,(H,32,35). The number of anilines is 1. The van der Waals surface area contributed by atoms with Crippen molar-refractivity contribution in [3.8, 4) is 22.4 Å². The molecule has 1 aliphatic heterocycles. The number of nitrogens with zero attached hydrogens (tertiary/aromatic N) is 2. The van der Waals surface area contributed by atoms with Gasteiger partial charge in [0.05, 0.1) is 5.69 Å². The molecule has 3 aromatic carbocycles. The molecule has 2 aromatic heterocycles. The average Bonchev–Trinajstić information content (AvgIpc) is 3.28. The number of aromatic nitrogens is 2. The van der Waals surface area contributed by atoms with Gasteiger partial charge in [-0.25, -0.2) is 4.39 Å². The van der Waals surface area contributed by atoms with Crippen LogP contribution in [-0.2, 0) is 13.0 Å². The lowest BCUT2D eigenvalue weighted by Gasteiger charge is -2.10. The van der Waals surface area contributed by atoms with Gasteiger partial charge in [0, 0.05) is 29.6 Å². The summed E-state index contributed by atoms with van der Waals surface area (Å²) in [7, 11) is 0. The van der Waals surface area contributed by atoms with Crippen LogP contribution >= 0.6 is 0 Å². The molecule has 0 saturated heterocycles. The maximum absolute atomic E-state index is 13.9. The fourth-order valence-electron chi connectivity index (χ4n) is 5.29. The van der Waals surface area contributed by atoms with Crippen molar-refractivity contribution in [3.63, 3.8) is 0 Å². The van der Waals surface area contributed by atoms with E-state index in [1.165, 1.54) is 17.7 Å². The predicted octanol–water partition coefficient (Wildman–Crippen LogP) is 7.11. The van der Waals surface area contributed by atoms with Gasteiger partial charge in [0.25, 0.3) is 5.91 Å². The Morgan fingerprint density at radius 1 is 0.914 bits per heavy atom. The largest absolute Gasteiger partial charge is 0.325 e. The molecule has 5 heteroatoms. The van der Waals surface area contributed by atoms with Crippen molar-refractivity contribution in [2.45, 2.75) is 32.7 Å². The van der Waals surface area contributed by atoms with Crippen molar-refractivity contribution in [2.24, 2.45) is 0 Å². The van der Waals surface area contributed by atoms with Crippen LogP contribution in [0.15, 0.2) is 85.1 Å². The van der Waals surface area contributed by atoms with E-state index in [9.17, 15) is 9.18 Å². The normalized spacial score (nSPS) is 13.1. The molecule has 0 bridgehead atoms. The topological polar surface area (TPSA) is 38.4 Å². The van der Waals surface area contributed by atoms with Gasteiger partial charge in [-0.05, 0) is 79.3 Å². The molecule has 4 nitrogen and oxygen atoms in total. The van der Waals surface area contributed by atoms with Gasteiger partial charge in [0.15, 0.2) is 0 Å².